The van der Waals surface area contributed by atoms with E-state index in [9.17, 15) is 4.79 Å². The van der Waals surface area contributed by atoms with E-state index in [0.29, 0.717) is 5.82 Å². The number of hydrogen-bond donors (Lipinski definition) is 0. The van der Waals surface area contributed by atoms with E-state index in [2.05, 4.69) is 19.9 Å². The van der Waals surface area contributed by atoms with Gasteiger partial charge in [-0.2, -0.15) is 4.98 Å². The summed E-state index contributed by atoms with van der Waals surface area (Å²) >= 11 is 0. The predicted octanol–water partition coefficient (Wildman–Crippen LogP) is 2.00. The van der Waals surface area contributed by atoms with Gasteiger partial charge in [-0.15, -0.1) is 0 Å². The highest BCUT2D eigenvalue weighted by atomic mass is 16.5. The highest BCUT2D eigenvalue weighted by Crippen LogP contribution is 2.21. The molecule has 0 saturated heterocycles. The number of methoxy groups -OCH3 is 1. The van der Waals surface area contributed by atoms with Crippen LogP contribution in [-0.4, -0.2) is 28.2 Å². The van der Waals surface area contributed by atoms with Gasteiger partial charge in [0.1, 0.15) is 6.42 Å². The number of hydrogen-bond acceptors (Lipinski definition) is 6. The van der Waals surface area contributed by atoms with Crippen LogP contribution in [0.5, 0.6) is 0 Å². The number of carbonyl (C=O) groups is 1. The van der Waals surface area contributed by atoms with Gasteiger partial charge in [-0.3, -0.25) is 9.78 Å². The minimum atomic E-state index is -0.414. The van der Waals surface area contributed by atoms with E-state index in [-0.39, 0.29) is 12.3 Å². The summed E-state index contributed by atoms with van der Waals surface area (Å²) in [7, 11) is 1.32. The predicted molar refractivity (Wildman–Crippen MR) is 70.8 cm³/mol. The molecule has 0 bridgehead atoms. The van der Waals surface area contributed by atoms with Crippen LogP contribution in [0.25, 0.3) is 22.3 Å². The maximum Gasteiger partial charge on any atom is 0.315 e. The summed E-state index contributed by atoms with van der Waals surface area (Å²) in [6.07, 6.45) is 1.71. The zero-order valence-electron chi connectivity index (χ0n) is 10.7. The van der Waals surface area contributed by atoms with Gasteiger partial charge in [-0.1, -0.05) is 11.2 Å². The molecule has 2 heterocycles. The lowest BCUT2D eigenvalue weighted by molar-refractivity contribution is -0.140. The first-order valence-electron chi connectivity index (χ1n) is 6.01. The van der Waals surface area contributed by atoms with Gasteiger partial charge >= 0.3 is 5.97 Å². The molecule has 0 aliphatic heterocycles. The third-order valence-electron chi connectivity index (χ3n) is 2.85. The van der Waals surface area contributed by atoms with Crippen LogP contribution >= 0.6 is 0 Å². The van der Waals surface area contributed by atoms with Gasteiger partial charge in [0.15, 0.2) is 0 Å². The summed E-state index contributed by atoms with van der Waals surface area (Å²) in [5.74, 6) is 0.260. The third-order valence-corrected chi connectivity index (χ3v) is 2.85. The summed E-state index contributed by atoms with van der Waals surface area (Å²) in [4.78, 5) is 19.6. The highest BCUT2D eigenvalue weighted by molar-refractivity contribution is 5.83. The lowest BCUT2D eigenvalue weighted by Gasteiger charge is -1.98. The molecule has 3 aromatic rings. The number of rotatable bonds is 3. The second-order valence-electron chi connectivity index (χ2n) is 4.18. The van der Waals surface area contributed by atoms with Crippen LogP contribution in [0, 0.1) is 0 Å². The van der Waals surface area contributed by atoms with Crippen molar-refractivity contribution in [3.63, 3.8) is 0 Å². The van der Waals surface area contributed by atoms with E-state index in [1.54, 1.807) is 6.20 Å². The van der Waals surface area contributed by atoms with Crippen LogP contribution in [0.3, 0.4) is 0 Å². The van der Waals surface area contributed by atoms with Crippen LogP contribution in [0.1, 0.15) is 5.89 Å². The zero-order chi connectivity index (χ0) is 13.9. The minimum absolute atomic E-state index is 0.0291. The number of esters is 1. The molecule has 0 unspecified atom stereocenters. The van der Waals surface area contributed by atoms with Crippen molar-refractivity contribution in [3.05, 3.63) is 42.4 Å². The first kappa shape index (κ1) is 12.3. The van der Waals surface area contributed by atoms with E-state index in [1.165, 1.54) is 7.11 Å². The maximum atomic E-state index is 11.1. The lowest BCUT2D eigenvalue weighted by Crippen LogP contribution is -2.04. The van der Waals surface area contributed by atoms with Gasteiger partial charge in [0, 0.05) is 17.1 Å². The smallest absolute Gasteiger partial charge is 0.315 e. The fourth-order valence-electron chi connectivity index (χ4n) is 1.85. The van der Waals surface area contributed by atoms with Gasteiger partial charge in [0.25, 0.3) is 0 Å². The summed E-state index contributed by atoms with van der Waals surface area (Å²) in [6.45, 7) is 0. The fourth-order valence-corrected chi connectivity index (χ4v) is 1.85. The van der Waals surface area contributed by atoms with Gasteiger partial charge in [-0.25, -0.2) is 0 Å². The quantitative estimate of drug-likeness (QED) is 0.677. The molecule has 0 atom stereocenters. The van der Waals surface area contributed by atoms with Gasteiger partial charge in [-0.05, 0) is 24.3 Å². The molecular weight excluding hydrogens is 258 g/mol. The molecule has 100 valence electrons. The number of nitrogens with zero attached hydrogens (tertiary/aromatic N) is 3. The van der Waals surface area contributed by atoms with Crippen LogP contribution in [0.15, 0.2) is 41.1 Å². The molecule has 0 aliphatic rings. The Labute approximate surface area is 114 Å². The molecule has 6 nitrogen and oxygen atoms in total. The molecule has 0 spiro atoms. The Bertz CT molecular complexity index is 767. The van der Waals surface area contributed by atoms with Gasteiger partial charge in [0.2, 0.25) is 11.7 Å². The number of aromatic nitrogens is 3. The Morgan fingerprint density at radius 2 is 2.25 bits per heavy atom. The molecule has 0 amide bonds. The molecule has 0 saturated carbocycles. The van der Waals surface area contributed by atoms with Crippen molar-refractivity contribution >= 4 is 16.9 Å². The molecule has 1 aromatic carbocycles. The molecule has 0 aliphatic carbocycles. The van der Waals surface area contributed by atoms with Crippen molar-refractivity contribution < 1.29 is 14.1 Å². The van der Waals surface area contributed by atoms with Crippen molar-refractivity contribution in [1.82, 2.24) is 15.1 Å². The molecule has 6 heteroatoms. The van der Waals surface area contributed by atoms with Gasteiger partial charge < -0.3 is 9.26 Å². The van der Waals surface area contributed by atoms with Crippen LogP contribution < -0.4 is 0 Å². The Hall–Kier alpha value is -2.76. The van der Waals surface area contributed by atoms with E-state index >= 15 is 0 Å². The van der Waals surface area contributed by atoms with E-state index < -0.39 is 5.97 Å². The summed E-state index contributed by atoms with van der Waals surface area (Å²) in [6, 6.07) is 9.50. The van der Waals surface area contributed by atoms with Crippen molar-refractivity contribution in [1.29, 1.82) is 0 Å². The number of fused-ring (bicyclic) bond motifs is 1. The number of benzene rings is 1. The van der Waals surface area contributed by atoms with E-state index in [1.807, 2.05) is 30.3 Å². The molecule has 0 N–H and O–H groups in total. The van der Waals surface area contributed by atoms with Crippen LogP contribution in [-0.2, 0) is 16.0 Å². The zero-order valence-corrected chi connectivity index (χ0v) is 10.7. The summed E-state index contributed by atoms with van der Waals surface area (Å²) < 4.78 is 9.58. The molecule has 2 aromatic heterocycles. The first-order valence-corrected chi connectivity index (χ1v) is 6.01. The minimum Gasteiger partial charge on any atom is -0.469 e. The maximum absolute atomic E-state index is 11.1. The normalized spacial score (nSPS) is 10.7. The second kappa shape index (κ2) is 5.08. The van der Waals surface area contributed by atoms with Crippen molar-refractivity contribution in [2.24, 2.45) is 0 Å². The molecular formula is C14H11N3O3. The number of carbonyl (C=O) groups excluding carboxylic acids is 1. The average Bonchev–Trinajstić information content (AvgIpc) is 2.95. The number of pyridine rings is 1. The summed E-state index contributed by atoms with van der Waals surface area (Å²) in [5.41, 5.74) is 1.71. The fraction of sp³-hybridized carbons (Fsp3) is 0.143. The van der Waals surface area contributed by atoms with Crippen molar-refractivity contribution in [3.8, 4) is 11.4 Å². The Balaban J connectivity index is 1.92. The van der Waals surface area contributed by atoms with Crippen LogP contribution in [0.2, 0.25) is 0 Å². The first-order chi connectivity index (χ1) is 9.76. The second-order valence-corrected chi connectivity index (χ2v) is 4.18. The van der Waals surface area contributed by atoms with Crippen LogP contribution in [0.4, 0.5) is 0 Å². The topological polar surface area (TPSA) is 78.1 Å². The third kappa shape index (κ3) is 2.35. The van der Waals surface area contributed by atoms with Crippen molar-refractivity contribution in [2.75, 3.05) is 7.11 Å². The SMILES string of the molecule is COC(=O)Cc1nc(-c2ccc3ncccc3c2)no1. The van der Waals surface area contributed by atoms with Gasteiger partial charge in [0.05, 0.1) is 12.6 Å². The Morgan fingerprint density at radius 1 is 1.35 bits per heavy atom. The monoisotopic (exact) mass is 269 g/mol. The molecule has 20 heavy (non-hydrogen) atoms. The lowest BCUT2D eigenvalue weighted by atomic mass is 10.1. The van der Waals surface area contributed by atoms with E-state index in [4.69, 9.17) is 4.52 Å². The largest absolute Gasteiger partial charge is 0.469 e. The van der Waals surface area contributed by atoms with E-state index in [0.717, 1.165) is 16.5 Å². The number of ether oxygens (including phenoxy) is 1. The standard InChI is InChI=1S/C14H11N3O3/c1-19-13(18)8-12-16-14(17-20-12)10-4-5-11-9(7-10)3-2-6-15-11/h2-7H,8H2,1H3. The average molecular weight is 269 g/mol. The van der Waals surface area contributed by atoms with Crippen molar-refractivity contribution in [2.45, 2.75) is 6.42 Å². The highest BCUT2D eigenvalue weighted by Gasteiger charge is 2.12. The molecule has 3 rings (SSSR count). The molecule has 0 radical (unpaired) electrons. The molecule has 0 fully saturated rings. The Kier molecular flexibility index (Phi) is 3.12. The Morgan fingerprint density at radius 3 is 3.10 bits per heavy atom. The summed E-state index contributed by atoms with van der Waals surface area (Å²) in [5, 5.41) is 4.86.